The molecule has 1 unspecified atom stereocenters. The maximum absolute atomic E-state index is 11.3. The van der Waals surface area contributed by atoms with Gasteiger partial charge in [0.1, 0.15) is 0 Å². The van der Waals surface area contributed by atoms with E-state index in [4.69, 9.17) is 4.74 Å². The van der Waals surface area contributed by atoms with Gasteiger partial charge >= 0.3 is 0 Å². The fourth-order valence-corrected chi connectivity index (χ4v) is 1.88. The summed E-state index contributed by atoms with van der Waals surface area (Å²) in [6.07, 6.45) is 0.841. The molecule has 5 heteroatoms. The zero-order valence-electron chi connectivity index (χ0n) is 10.3. The van der Waals surface area contributed by atoms with Crippen molar-refractivity contribution in [2.24, 2.45) is 0 Å². The summed E-state index contributed by atoms with van der Waals surface area (Å²) in [6, 6.07) is 0. The largest absolute Gasteiger partial charge is 0.374 e. The average Bonchev–Trinajstić information content (AvgIpc) is 2.28. The summed E-state index contributed by atoms with van der Waals surface area (Å²) >= 11 is 0. The summed E-state index contributed by atoms with van der Waals surface area (Å²) in [5.41, 5.74) is 0. The van der Waals surface area contributed by atoms with E-state index in [0.29, 0.717) is 13.0 Å². The molecule has 1 heterocycles. The van der Waals surface area contributed by atoms with Crippen molar-refractivity contribution in [2.75, 3.05) is 46.4 Å². The molecule has 5 nitrogen and oxygen atoms in total. The average molecular weight is 229 g/mol. The highest BCUT2D eigenvalue weighted by molar-refractivity contribution is 5.75. The molecule has 1 amide bonds. The summed E-state index contributed by atoms with van der Waals surface area (Å²) in [5, 5.41) is 5.92. The number of nitrogens with zero attached hydrogens (tertiary/aromatic N) is 1. The second-order valence-electron chi connectivity index (χ2n) is 4.05. The van der Waals surface area contributed by atoms with Crippen molar-refractivity contribution >= 4 is 5.91 Å². The van der Waals surface area contributed by atoms with Crippen molar-refractivity contribution in [1.29, 1.82) is 0 Å². The Morgan fingerprint density at radius 3 is 3.06 bits per heavy atom. The van der Waals surface area contributed by atoms with Crippen molar-refractivity contribution in [3.05, 3.63) is 0 Å². The Labute approximate surface area is 97.5 Å². The highest BCUT2D eigenvalue weighted by Crippen LogP contribution is 2.04. The summed E-state index contributed by atoms with van der Waals surface area (Å²) in [7, 11) is 1.93. The summed E-state index contributed by atoms with van der Waals surface area (Å²) in [4.78, 5) is 13.6. The first-order valence-electron chi connectivity index (χ1n) is 6.01. The molecular weight excluding hydrogens is 206 g/mol. The molecule has 0 saturated carbocycles. The first-order valence-corrected chi connectivity index (χ1v) is 6.01. The van der Waals surface area contributed by atoms with Crippen LogP contribution in [0.2, 0.25) is 0 Å². The zero-order valence-corrected chi connectivity index (χ0v) is 10.3. The molecule has 16 heavy (non-hydrogen) atoms. The van der Waals surface area contributed by atoms with Crippen molar-refractivity contribution in [1.82, 2.24) is 15.5 Å². The first kappa shape index (κ1) is 13.4. The lowest BCUT2D eigenvalue weighted by Gasteiger charge is -2.32. The first-order chi connectivity index (χ1) is 7.76. The van der Waals surface area contributed by atoms with Gasteiger partial charge in [0.25, 0.3) is 0 Å². The Balaban J connectivity index is 2.18. The second-order valence-corrected chi connectivity index (χ2v) is 4.05. The van der Waals surface area contributed by atoms with Crippen LogP contribution in [0.4, 0.5) is 0 Å². The third-order valence-corrected chi connectivity index (χ3v) is 2.68. The molecule has 1 rings (SSSR count). The van der Waals surface area contributed by atoms with Crippen LogP contribution in [0.25, 0.3) is 0 Å². The van der Waals surface area contributed by atoms with Gasteiger partial charge < -0.3 is 15.4 Å². The quantitative estimate of drug-likeness (QED) is 0.640. The van der Waals surface area contributed by atoms with Crippen molar-refractivity contribution in [2.45, 2.75) is 19.4 Å². The molecule has 1 atom stereocenters. The van der Waals surface area contributed by atoms with E-state index in [-0.39, 0.29) is 12.0 Å². The minimum atomic E-state index is 0.138. The molecule has 0 aliphatic carbocycles. The van der Waals surface area contributed by atoms with Gasteiger partial charge in [-0.1, -0.05) is 0 Å². The van der Waals surface area contributed by atoms with Crippen molar-refractivity contribution in [3.63, 3.8) is 0 Å². The van der Waals surface area contributed by atoms with Crippen LogP contribution >= 0.6 is 0 Å². The van der Waals surface area contributed by atoms with E-state index in [1.54, 1.807) is 0 Å². The van der Waals surface area contributed by atoms with Gasteiger partial charge in [0.15, 0.2) is 0 Å². The third-order valence-electron chi connectivity index (χ3n) is 2.68. The minimum absolute atomic E-state index is 0.138. The molecule has 2 N–H and O–H groups in total. The van der Waals surface area contributed by atoms with E-state index < -0.39 is 0 Å². The molecule has 0 aromatic carbocycles. The van der Waals surface area contributed by atoms with Gasteiger partial charge in [-0.25, -0.2) is 0 Å². The number of ether oxygens (including phenoxy) is 1. The smallest absolute Gasteiger partial charge is 0.221 e. The Morgan fingerprint density at radius 1 is 1.56 bits per heavy atom. The SMILES string of the molecule is CCNC(=O)CCN1CCOC(CNC)C1. The molecule has 0 bridgehead atoms. The maximum atomic E-state index is 11.3. The Kier molecular flexibility index (Phi) is 6.37. The van der Waals surface area contributed by atoms with Crippen LogP contribution in [0.3, 0.4) is 0 Å². The standard InChI is InChI=1S/C11H23N3O2/c1-3-13-11(15)4-5-14-6-7-16-10(9-14)8-12-2/h10,12H,3-9H2,1-2H3,(H,13,15). The topological polar surface area (TPSA) is 53.6 Å². The van der Waals surface area contributed by atoms with Gasteiger partial charge in [-0.3, -0.25) is 9.69 Å². The van der Waals surface area contributed by atoms with Crippen LogP contribution in [-0.4, -0.2) is 63.3 Å². The van der Waals surface area contributed by atoms with Gasteiger partial charge in [0, 0.05) is 39.1 Å². The predicted molar refractivity (Wildman–Crippen MR) is 63.4 cm³/mol. The van der Waals surface area contributed by atoms with Gasteiger partial charge in [0.2, 0.25) is 5.91 Å². The summed E-state index contributed by atoms with van der Waals surface area (Å²) in [5.74, 6) is 0.138. The van der Waals surface area contributed by atoms with E-state index in [2.05, 4.69) is 15.5 Å². The van der Waals surface area contributed by atoms with Crippen LogP contribution < -0.4 is 10.6 Å². The van der Waals surface area contributed by atoms with E-state index in [1.165, 1.54) is 0 Å². The number of hydrogen-bond acceptors (Lipinski definition) is 4. The van der Waals surface area contributed by atoms with Gasteiger partial charge in [0.05, 0.1) is 12.7 Å². The highest BCUT2D eigenvalue weighted by Gasteiger charge is 2.19. The van der Waals surface area contributed by atoms with E-state index in [1.807, 2.05) is 14.0 Å². The number of nitrogens with one attached hydrogen (secondary N) is 2. The molecule has 0 aromatic heterocycles. The highest BCUT2D eigenvalue weighted by atomic mass is 16.5. The molecule has 0 aromatic rings. The second kappa shape index (κ2) is 7.60. The van der Waals surface area contributed by atoms with Crippen LogP contribution in [0.15, 0.2) is 0 Å². The third kappa shape index (κ3) is 4.92. The Bertz CT molecular complexity index is 209. The molecule has 0 spiro atoms. The molecule has 1 fully saturated rings. The molecule has 1 saturated heterocycles. The summed E-state index contributed by atoms with van der Waals surface area (Å²) in [6.45, 7) is 6.97. The monoisotopic (exact) mass is 229 g/mol. The molecule has 0 radical (unpaired) electrons. The lowest BCUT2D eigenvalue weighted by Crippen LogP contribution is -2.47. The van der Waals surface area contributed by atoms with Crippen molar-refractivity contribution in [3.8, 4) is 0 Å². The number of amides is 1. The van der Waals surface area contributed by atoms with Crippen LogP contribution in [0.5, 0.6) is 0 Å². The van der Waals surface area contributed by atoms with E-state index in [9.17, 15) is 4.79 Å². The van der Waals surface area contributed by atoms with Gasteiger partial charge in [-0.2, -0.15) is 0 Å². The lowest BCUT2D eigenvalue weighted by molar-refractivity contribution is -0.121. The number of likely N-dealkylation sites (N-methyl/N-ethyl adjacent to an activating group) is 1. The van der Waals surface area contributed by atoms with Gasteiger partial charge in [-0.05, 0) is 14.0 Å². The van der Waals surface area contributed by atoms with Crippen molar-refractivity contribution < 1.29 is 9.53 Å². The number of morpholine rings is 1. The molecular formula is C11H23N3O2. The van der Waals surface area contributed by atoms with Crippen LogP contribution in [0.1, 0.15) is 13.3 Å². The van der Waals surface area contributed by atoms with E-state index >= 15 is 0 Å². The number of rotatable bonds is 6. The zero-order chi connectivity index (χ0) is 11.8. The number of hydrogen-bond donors (Lipinski definition) is 2. The van der Waals surface area contributed by atoms with E-state index in [0.717, 1.165) is 32.8 Å². The lowest BCUT2D eigenvalue weighted by atomic mass is 10.2. The Hall–Kier alpha value is -0.650. The maximum Gasteiger partial charge on any atom is 0.221 e. The molecule has 1 aliphatic rings. The fraction of sp³-hybridized carbons (Fsp3) is 0.909. The normalized spacial score (nSPS) is 22.0. The number of carbonyl (C=O) groups excluding carboxylic acids is 1. The fourth-order valence-electron chi connectivity index (χ4n) is 1.88. The number of carbonyl (C=O) groups is 1. The van der Waals surface area contributed by atoms with Crippen LogP contribution in [-0.2, 0) is 9.53 Å². The van der Waals surface area contributed by atoms with Gasteiger partial charge in [-0.15, -0.1) is 0 Å². The Morgan fingerprint density at radius 2 is 2.38 bits per heavy atom. The summed E-state index contributed by atoms with van der Waals surface area (Å²) < 4.78 is 5.60. The minimum Gasteiger partial charge on any atom is -0.374 e. The van der Waals surface area contributed by atoms with Crippen LogP contribution in [0, 0.1) is 0 Å². The predicted octanol–water partition coefficient (Wildman–Crippen LogP) is -0.567. The molecule has 94 valence electrons. The molecule has 1 aliphatic heterocycles.